The highest BCUT2D eigenvalue weighted by Gasteiger charge is 2.20. The van der Waals surface area contributed by atoms with Crippen LogP contribution in [-0.4, -0.2) is 17.6 Å². The molecule has 16 heavy (non-hydrogen) atoms. The summed E-state index contributed by atoms with van der Waals surface area (Å²) in [5, 5.41) is 14.0. The monoisotopic (exact) mass is 241 g/mol. The lowest BCUT2D eigenvalue weighted by Gasteiger charge is -2.17. The summed E-state index contributed by atoms with van der Waals surface area (Å²) in [4.78, 5) is 12.9. The lowest BCUT2D eigenvalue weighted by Crippen LogP contribution is -2.35. The van der Waals surface area contributed by atoms with Crippen LogP contribution in [0.1, 0.15) is 24.3 Å². The Bertz CT molecular complexity index is 347. The smallest absolute Gasteiger partial charge is 0.225 e. The van der Waals surface area contributed by atoms with Gasteiger partial charge in [-0.25, -0.2) is 0 Å². The van der Waals surface area contributed by atoms with Gasteiger partial charge in [-0.1, -0.05) is 13.8 Å². The zero-order chi connectivity index (χ0) is 12.1. The molecule has 1 amide bonds. The molecule has 1 rings (SSSR count). The molecular formula is C12H19NO2S. The van der Waals surface area contributed by atoms with Crippen LogP contribution in [0.3, 0.4) is 0 Å². The van der Waals surface area contributed by atoms with E-state index >= 15 is 0 Å². The van der Waals surface area contributed by atoms with Crippen LogP contribution in [0.2, 0.25) is 0 Å². The third-order valence-corrected chi connectivity index (χ3v) is 3.75. The van der Waals surface area contributed by atoms with Gasteiger partial charge in [-0.05, 0) is 29.9 Å². The number of thiophene rings is 1. The van der Waals surface area contributed by atoms with Crippen molar-refractivity contribution < 1.29 is 9.90 Å². The molecule has 0 radical (unpaired) electrons. The van der Waals surface area contributed by atoms with E-state index < -0.39 is 0 Å². The standard InChI is InChI=1S/C12H19NO2S/c1-8(2)10(7-14)12(15)13-6-11-9(3)4-5-16-11/h4-5,8,10,14H,6-7H2,1-3H3,(H,13,15). The van der Waals surface area contributed by atoms with E-state index in [4.69, 9.17) is 5.11 Å². The summed E-state index contributed by atoms with van der Waals surface area (Å²) in [6, 6.07) is 2.04. The van der Waals surface area contributed by atoms with Crippen LogP contribution in [0.25, 0.3) is 0 Å². The van der Waals surface area contributed by atoms with E-state index in [1.54, 1.807) is 11.3 Å². The number of aryl methyl sites for hydroxylation is 1. The Kier molecular flexibility index (Phi) is 4.96. The van der Waals surface area contributed by atoms with Gasteiger partial charge >= 0.3 is 0 Å². The maximum Gasteiger partial charge on any atom is 0.225 e. The Balaban J connectivity index is 2.49. The second-order valence-corrected chi connectivity index (χ2v) is 5.28. The van der Waals surface area contributed by atoms with Crippen molar-refractivity contribution in [2.45, 2.75) is 27.3 Å². The van der Waals surface area contributed by atoms with Gasteiger partial charge < -0.3 is 10.4 Å². The molecule has 90 valence electrons. The van der Waals surface area contributed by atoms with Crippen molar-refractivity contribution in [3.8, 4) is 0 Å². The zero-order valence-corrected chi connectivity index (χ0v) is 10.8. The lowest BCUT2D eigenvalue weighted by atomic mass is 9.96. The lowest BCUT2D eigenvalue weighted by molar-refractivity contribution is -0.127. The number of hydrogen-bond acceptors (Lipinski definition) is 3. The quantitative estimate of drug-likeness (QED) is 0.827. The number of aliphatic hydroxyl groups excluding tert-OH is 1. The molecule has 0 bridgehead atoms. The summed E-state index contributed by atoms with van der Waals surface area (Å²) in [5.41, 5.74) is 1.20. The fourth-order valence-corrected chi connectivity index (χ4v) is 2.33. The predicted molar refractivity (Wildman–Crippen MR) is 66.3 cm³/mol. The van der Waals surface area contributed by atoms with Crippen molar-refractivity contribution in [3.63, 3.8) is 0 Å². The summed E-state index contributed by atoms with van der Waals surface area (Å²) in [5.74, 6) is -0.208. The van der Waals surface area contributed by atoms with Crippen LogP contribution in [0.4, 0.5) is 0 Å². The van der Waals surface area contributed by atoms with Crippen molar-refractivity contribution in [3.05, 3.63) is 21.9 Å². The molecule has 0 spiro atoms. The van der Waals surface area contributed by atoms with Crippen molar-refractivity contribution in [1.29, 1.82) is 0 Å². The average molecular weight is 241 g/mol. The molecule has 0 saturated carbocycles. The summed E-state index contributed by atoms with van der Waals surface area (Å²) in [7, 11) is 0. The molecule has 0 aliphatic heterocycles. The maximum absolute atomic E-state index is 11.8. The first-order valence-corrected chi connectivity index (χ1v) is 6.35. The highest BCUT2D eigenvalue weighted by Crippen LogP contribution is 2.16. The minimum absolute atomic E-state index is 0.0645. The van der Waals surface area contributed by atoms with E-state index in [-0.39, 0.29) is 24.3 Å². The van der Waals surface area contributed by atoms with Crippen molar-refractivity contribution in [2.75, 3.05) is 6.61 Å². The van der Waals surface area contributed by atoms with E-state index in [9.17, 15) is 4.79 Å². The maximum atomic E-state index is 11.8. The van der Waals surface area contributed by atoms with Gasteiger partial charge in [-0.3, -0.25) is 4.79 Å². The highest BCUT2D eigenvalue weighted by atomic mass is 32.1. The topological polar surface area (TPSA) is 49.3 Å². The average Bonchev–Trinajstić information content (AvgIpc) is 2.61. The van der Waals surface area contributed by atoms with Gasteiger partial charge in [-0.2, -0.15) is 0 Å². The van der Waals surface area contributed by atoms with Gasteiger partial charge in [0.1, 0.15) is 0 Å². The molecule has 0 aromatic carbocycles. The minimum atomic E-state index is -0.305. The molecule has 2 N–H and O–H groups in total. The van der Waals surface area contributed by atoms with Gasteiger partial charge in [0.15, 0.2) is 0 Å². The van der Waals surface area contributed by atoms with Crippen LogP contribution in [0.5, 0.6) is 0 Å². The molecule has 1 atom stereocenters. The number of hydrogen-bond donors (Lipinski definition) is 2. The van der Waals surface area contributed by atoms with Crippen LogP contribution < -0.4 is 5.32 Å². The van der Waals surface area contributed by atoms with E-state index in [2.05, 4.69) is 5.32 Å². The molecule has 3 nitrogen and oxygen atoms in total. The Morgan fingerprint density at radius 2 is 2.25 bits per heavy atom. The highest BCUT2D eigenvalue weighted by molar-refractivity contribution is 7.10. The van der Waals surface area contributed by atoms with Crippen molar-refractivity contribution in [2.24, 2.45) is 11.8 Å². The zero-order valence-electron chi connectivity index (χ0n) is 9.99. The Hall–Kier alpha value is -0.870. The second kappa shape index (κ2) is 6.01. The van der Waals surface area contributed by atoms with Crippen molar-refractivity contribution >= 4 is 17.2 Å². The first-order valence-electron chi connectivity index (χ1n) is 5.47. The number of carbonyl (C=O) groups excluding carboxylic acids is 1. The molecule has 0 saturated heterocycles. The van der Waals surface area contributed by atoms with Gasteiger partial charge in [0.05, 0.1) is 19.1 Å². The Morgan fingerprint density at radius 1 is 1.56 bits per heavy atom. The number of amides is 1. The molecule has 1 heterocycles. The fraction of sp³-hybridized carbons (Fsp3) is 0.583. The van der Waals surface area contributed by atoms with E-state index in [0.717, 1.165) is 0 Å². The summed E-state index contributed by atoms with van der Waals surface area (Å²) in [6.45, 7) is 6.39. The van der Waals surface area contributed by atoms with Gasteiger partial charge in [0, 0.05) is 4.88 Å². The summed E-state index contributed by atoms with van der Waals surface area (Å²) >= 11 is 1.64. The molecule has 0 aliphatic rings. The minimum Gasteiger partial charge on any atom is -0.396 e. The fourth-order valence-electron chi connectivity index (χ4n) is 1.48. The van der Waals surface area contributed by atoms with E-state index in [1.165, 1.54) is 10.4 Å². The Morgan fingerprint density at radius 3 is 2.69 bits per heavy atom. The number of nitrogens with one attached hydrogen (secondary N) is 1. The van der Waals surface area contributed by atoms with Crippen LogP contribution >= 0.6 is 11.3 Å². The number of carbonyl (C=O) groups is 1. The van der Waals surface area contributed by atoms with E-state index in [0.29, 0.717) is 6.54 Å². The predicted octanol–water partition coefficient (Wildman–Crippen LogP) is 1.94. The van der Waals surface area contributed by atoms with Gasteiger partial charge in [0.2, 0.25) is 5.91 Å². The Labute approximate surface area is 100 Å². The summed E-state index contributed by atoms with van der Waals surface area (Å²) < 4.78 is 0. The second-order valence-electron chi connectivity index (χ2n) is 4.28. The number of rotatable bonds is 5. The van der Waals surface area contributed by atoms with Crippen LogP contribution in [0.15, 0.2) is 11.4 Å². The molecule has 0 fully saturated rings. The normalized spacial score (nSPS) is 12.8. The summed E-state index contributed by atoms with van der Waals surface area (Å²) in [6.07, 6.45) is 0. The van der Waals surface area contributed by atoms with Gasteiger partial charge in [-0.15, -0.1) is 11.3 Å². The first-order chi connectivity index (χ1) is 7.56. The van der Waals surface area contributed by atoms with Crippen LogP contribution in [0, 0.1) is 18.8 Å². The molecule has 4 heteroatoms. The third-order valence-electron chi connectivity index (χ3n) is 2.73. The van der Waals surface area contributed by atoms with Crippen molar-refractivity contribution in [1.82, 2.24) is 5.32 Å². The number of aliphatic hydroxyl groups is 1. The van der Waals surface area contributed by atoms with Gasteiger partial charge in [0.25, 0.3) is 0 Å². The molecule has 1 aromatic rings. The largest absolute Gasteiger partial charge is 0.396 e. The molecular weight excluding hydrogens is 222 g/mol. The molecule has 1 aromatic heterocycles. The third kappa shape index (κ3) is 3.32. The van der Waals surface area contributed by atoms with E-state index in [1.807, 2.05) is 32.2 Å². The van der Waals surface area contributed by atoms with Crippen LogP contribution in [-0.2, 0) is 11.3 Å². The molecule has 1 unspecified atom stereocenters. The SMILES string of the molecule is Cc1ccsc1CNC(=O)C(CO)C(C)C. The first kappa shape index (κ1) is 13.2. The molecule has 0 aliphatic carbocycles.